The van der Waals surface area contributed by atoms with Crippen LogP contribution < -0.4 is 20.3 Å². The van der Waals surface area contributed by atoms with E-state index in [2.05, 4.69) is 67.6 Å². The minimum Gasteiger partial charge on any atom is -0.508 e. The fraction of sp³-hybridized carbons (Fsp3) is 0.481. The molecule has 5 aliphatic heterocycles. The Morgan fingerprint density at radius 3 is 2.25 bits per heavy atom. The number of hydrogen-bond donors (Lipinski definition) is 3. The Labute approximate surface area is 370 Å². The number of methoxy groups -OCH3 is 1. The van der Waals surface area contributed by atoms with Gasteiger partial charge in [-0.05, 0) is 141 Å². The average Bonchev–Trinajstić information content (AvgIpc) is 3.84. The van der Waals surface area contributed by atoms with E-state index < -0.39 is 0 Å². The van der Waals surface area contributed by atoms with Crippen LogP contribution in [-0.4, -0.2) is 81.3 Å². The van der Waals surface area contributed by atoms with E-state index in [1.807, 2.05) is 24.3 Å². The molecule has 1 saturated carbocycles. The van der Waals surface area contributed by atoms with Gasteiger partial charge in [-0.2, -0.15) is 0 Å². The number of benzene rings is 4. The molecule has 2 unspecified atom stereocenters. The minimum atomic E-state index is -0.138. The number of anilines is 1. The van der Waals surface area contributed by atoms with Crippen LogP contribution in [0.25, 0.3) is 0 Å². The van der Waals surface area contributed by atoms with E-state index in [-0.39, 0.29) is 40.8 Å². The minimum absolute atomic E-state index is 0.0182. The molecule has 3 amide bonds. The van der Waals surface area contributed by atoms with Crippen molar-refractivity contribution in [2.75, 3.05) is 58.5 Å². The number of rotatable bonds is 5. The van der Waals surface area contributed by atoms with E-state index in [4.69, 9.17) is 4.74 Å². The number of nitrogens with one attached hydrogen (secondary N) is 2. The van der Waals surface area contributed by atoms with Crippen LogP contribution in [0, 0.1) is 17.2 Å². The Balaban J connectivity index is 0.000000406. The number of carbonyl (C=O) groups is 3. The zero-order chi connectivity index (χ0) is 43.7. The molecule has 2 aliphatic carbocycles. The van der Waals surface area contributed by atoms with Crippen LogP contribution in [0.5, 0.6) is 11.5 Å². The lowest BCUT2D eigenvalue weighted by molar-refractivity contribution is -0.132. The Hall–Kier alpha value is -5.26. The van der Waals surface area contributed by atoms with Gasteiger partial charge in [-0.1, -0.05) is 48.5 Å². The van der Waals surface area contributed by atoms with Gasteiger partial charge in [0.05, 0.1) is 12.3 Å². The third-order valence-corrected chi connectivity index (χ3v) is 15.2. The number of ether oxygens (including phenoxy) is 2. The summed E-state index contributed by atoms with van der Waals surface area (Å²) >= 11 is 0. The molecule has 63 heavy (non-hydrogen) atoms. The lowest BCUT2D eigenvalue weighted by atomic mass is 9.57. The highest BCUT2D eigenvalue weighted by Crippen LogP contribution is 2.55. The largest absolute Gasteiger partial charge is 0.508 e. The maximum absolute atomic E-state index is 16.1. The molecule has 11 rings (SSSR count). The number of amides is 3. The molecule has 332 valence electrons. The predicted molar refractivity (Wildman–Crippen MR) is 241 cm³/mol. The number of phenols is 1. The number of hydrogen-bond acceptors (Lipinski definition) is 8. The second kappa shape index (κ2) is 18.1. The van der Waals surface area contributed by atoms with E-state index >= 15 is 4.39 Å². The number of nitrogens with zero attached hydrogens (tertiary/aromatic N) is 2. The summed E-state index contributed by atoms with van der Waals surface area (Å²) in [7, 11) is 3.25. The van der Waals surface area contributed by atoms with E-state index in [1.165, 1.54) is 41.6 Å². The molecule has 10 nitrogen and oxygen atoms in total. The highest BCUT2D eigenvalue weighted by atomic mass is 19.1. The van der Waals surface area contributed by atoms with E-state index in [1.54, 1.807) is 26.4 Å². The number of aromatic hydroxyl groups is 1. The van der Waals surface area contributed by atoms with Gasteiger partial charge in [0.2, 0.25) is 11.8 Å². The number of halogens is 1. The molecule has 0 aromatic heterocycles. The van der Waals surface area contributed by atoms with Crippen molar-refractivity contribution >= 4 is 23.4 Å². The number of aryl methyl sites for hydroxylation is 1. The second-order valence-corrected chi connectivity index (χ2v) is 19.1. The molecule has 5 heterocycles. The van der Waals surface area contributed by atoms with Crippen molar-refractivity contribution in [1.82, 2.24) is 15.5 Å². The molecule has 7 aliphatic rings. The number of carbonyl (C=O) groups excluding carboxylic acids is 3. The van der Waals surface area contributed by atoms with Crippen LogP contribution in [0.15, 0.2) is 78.9 Å². The first-order valence-corrected chi connectivity index (χ1v) is 23.0. The Bertz CT molecular complexity index is 2310. The van der Waals surface area contributed by atoms with E-state index in [0.29, 0.717) is 37.0 Å². The first-order valence-electron chi connectivity index (χ1n) is 23.0. The summed E-state index contributed by atoms with van der Waals surface area (Å²) in [6.07, 6.45) is 10.7. The molecular weight excluding hydrogens is 796 g/mol. The molecular formula is C52H61FN4O6. The van der Waals surface area contributed by atoms with Crippen molar-refractivity contribution in [2.24, 2.45) is 11.3 Å². The van der Waals surface area contributed by atoms with Gasteiger partial charge >= 0.3 is 0 Å². The van der Waals surface area contributed by atoms with Crippen molar-refractivity contribution in [2.45, 2.75) is 94.4 Å². The molecule has 3 saturated heterocycles. The number of phenolic OH excluding ortho intramolecular Hbond substituents is 1. The Morgan fingerprint density at radius 2 is 1.57 bits per heavy atom. The fourth-order valence-electron chi connectivity index (χ4n) is 12.0. The number of likely N-dealkylation sites (tertiary alicyclic amines) is 1. The third kappa shape index (κ3) is 8.71. The van der Waals surface area contributed by atoms with Crippen molar-refractivity contribution in [3.8, 4) is 11.5 Å². The van der Waals surface area contributed by atoms with Crippen molar-refractivity contribution < 1.29 is 33.4 Å². The zero-order valence-electron chi connectivity index (χ0n) is 36.7. The Morgan fingerprint density at radius 1 is 0.841 bits per heavy atom. The SMILES string of the molecule is COC.O=C1CCCC(=O)N1.O=C1NCc2c1ccc1c2OCC12CCN(CC1CC3(CCN(c4ccc(C5c6ccc(O)cc6CCC5c5ccccc5)cc4F)CC3)C1)CC2. The summed E-state index contributed by atoms with van der Waals surface area (Å²) in [4.78, 5) is 37.8. The van der Waals surface area contributed by atoms with Gasteiger partial charge in [-0.15, -0.1) is 0 Å². The van der Waals surface area contributed by atoms with Gasteiger partial charge in [-0.25, -0.2) is 4.39 Å². The summed E-state index contributed by atoms with van der Waals surface area (Å²) in [6, 6.07) is 26.5. The van der Waals surface area contributed by atoms with Crippen LogP contribution in [0.4, 0.5) is 10.1 Å². The van der Waals surface area contributed by atoms with Crippen molar-refractivity contribution in [3.05, 3.63) is 124 Å². The standard InChI is InChI=1S/C45H48FN3O3.C5H7NO2.C2H6O/c46-39-23-32(41-34(30-4-2-1-3-5-30)9-6-31-22-33(50)8-10-35(31)41)7-13-40(39)49-20-14-44(15-21-49)24-29(25-44)27-48-18-16-45(17-19-48)28-52-42-37-26-47-43(51)36(37)11-12-38(42)45;7-4-2-1-3-5(8)6-4;1-3-2/h1-5,7-8,10-13,22-23,29,34,41,50H,6,9,14-21,24-28H2,(H,47,51);1-3H2,(H,6,7,8);1-2H3. The summed E-state index contributed by atoms with van der Waals surface area (Å²) in [6.45, 7) is 6.54. The van der Waals surface area contributed by atoms with Crippen molar-refractivity contribution in [3.63, 3.8) is 0 Å². The van der Waals surface area contributed by atoms with Gasteiger partial charge in [-0.3, -0.25) is 19.7 Å². The molecule has 4 aromatic carbocycles. The maximum atomic E-state index is 16.1. The highest BCUT2D eigenvalue weighted by Gasteiger charge is 2.49. The normalized spacial score (nSPS) is 23.2. The number of fused-ring (bicyclic) bond motifs is 5. The van der Waals surface area contributed by atoms with E-state index in [9.17, 15) is 19.5 Å². The number of imide groups is 1. The molecule has 4 fully saturated rings. The summed E-state index contributed by atoms with van der Waals surface area (Å²) in [5.41, 5.74) is 9.06. The van der Waals surface area contributed by atoms with Gasteiger partial charge in [0.25, 0.3) is 5.91 Å². The molecule has 2 atom stereocenters. The zero-order valence-corrected chi connectivity index (χ0v) is 36.7. The quantitative estimate of drug-likeness (QED) is 0.172. The van der Waals surface area contributed by atoms with Gasteiger partial charge < -0.3 is 29.7 Å². The van der Waals surface area contributed by atoms with Crippen LogP contribution in [0.1, 0.15) is 120 Å². The first kappa shape index (κ1) is 43.0. The number of piperidine rings is 3. The fourth-order valence-corrected chi connectivity index (χ4v) is 12.0. The van der Waals surface area contributed by atoms with Crippen LogP contribution in [0.3, 0.4) is 0 Å². The van der Waals surface area contributed by atoms with Crippen LogP contribution >= 0.6 is 0 Å². The van der Waals surface area contributed by atoms with Crippen molar-refractivity contribution in [1.29, 1.82) is 0 Å². The lowest BCUT2D eigenvalue weighted by Gasteiger charge is -2.54. The summed E-state index contributed by atoms with van der Waals surface area (Å²) < 4.78 is 26.7. The summed E-state index contributed by atoms with van der Waals surface area (Å²) in [5, 5.41) is 15.4. The Kier molecular flexibility index (Phi) is 12.3. The molecule has 11 heteroatoms. The molecule has 3 N–H and O–H groups in total. The van der Waals surface area contributed by atoms with Gasteiger partial charge in [0.1, 0.15) is 17.3 Å². The first-order chi connectivity index (χ1) is 30.6. The van der Waals surface area contributed by atoms with Crippen LogP contribution in [-0.2, 0) is 32.7 Å². The highest BCUT2D eigenvalue weighted by molar-refractivity contribution is 5.99. The third-order valence-electron chi connectivity index (χ3n) is 15.2. The predicted octanol–water partition coefficient (Wildman–Crippen LogP) is 8.14. The topological polar surface area (TPSA) is 120 Å². The summed E-state index contributed by atoms with van der Waals surface area (Å²) in [5.74, 6) is 1.95. The monoisotopic (exact) mass is 856 g/mol. The molecule has 4 aromatic rings. The molecule has 2 spiro atoms. The van der Waals surface area contributed by atoms with Gasteiger partial charge in [0, 0.05) is 81.3 Å². The molecule has 0 bridgehead atoms. The average molecular weight is 857 g/mol. The van der Waals surface area contributed by atoms with Gasteiger partial charge in [0.15, 0.2) is 0 Å². The van der Waals surface area contributed by atoms with Crippen LogP contribution in [0.2, 0.25) is 0 Å². The smallest absolute Gasteiger partial charge is 0.252 e. The lowest BCUT2D eigenvalue weighted by Crippen LogP contribution is -2.51. The maximum Gasteiger partial charge on any atom is 0.252 e. The molecule has 0 radical (unpaired) electrons. The van der Waals surface area contributed by atoms with E-state index in [0.717, 1.165) is 105 Å². The second-order valence-electron chi connectivity index (χ2n) is 19.1.